The van der Waals surface area contributed by atoms with Crippen molar-refractivity contribution in [3.63, 3.8) is 0 Å². The predicted molar refractivity (Wildman–Crippen MR) is 159 cm³/mol. The lowest BCUT2D eigenvalue weighted by atomic mass is 9.96. The molecule has 0 fully saturated rings. The Morgan fingerprint density at radius 2 is 1.26 bits per heavy atom. The van der Waals surface area contributed by atoms with Crippen LogP contribution in [0, 0.1) is 0 Å². The number of ether oxygens (including phenoxy) is 3. The highest BCUT2D eigenvalue weighted by molar-refractivity contribution is 5.92. The van der Waals surface area contributed by atoms with E-state index in [1.54, 1.807) is 0 Å². The monoisotopic (exact) mass is 539 g/mol. The van der Waals surface area contributed by atoms with Gasteiger partial charge >= 0.3 is 5.97 Å². The van der Waals surface area contributed by atoms with Gasteiger partial charge in [0.25, 0.3) is 0 Å². The van der Waals surface area contributed by atoms with Crippen molar-refractivity contribution in [2.24, 2.45) is 0 Å². The molecular weight excluding hydrogens is 490 g/mol. The van der Waals surface area contributed by atoms with Gasteiger partial charge in [-0.3, -0.25) is 9.80 Å². The molecule has 0 amide bonds. The average Bonchev–Trinajstić information content (AvgIpc) is 2.96. The molecule has 0 aliphatic carbocycles. The molecule has 216 valence electrons. The molecule has 0 radical (unpaired) electrons. The van der Waals surface area contributed by atoms with Crippen LogP contribution >= 0.6 is 0 Å². The highest BCUT2D eigenvalue weighted by Crippen LogP contribution is 2.31. The quantitative estimate of drug-likeness (QED) is 0.294. The van der Waals surface area contributed by atoms with Crippen LogP contribution in [0.2, 0.25) is 0 Å². The Morgan fingerprint density at radius 1 is 0.795 bits per heavy atom. The van der Waals surface area contributed by atoms with Gasteiger partial charge in [-0.2, -0.15) is 0 Å². The van der Waals surface area contributed by atoms with Crippen LogP contribution in [0.25, 0.3) is 0 Å². The van der Waals surface area contributed by atoms with Gasteiger partial charge in [0.05, 0.1) is 12.7 Å². The van der Waals surface area contributed by atoms with Crippen molar-refractivity contribution in [3.8, 4) is 11.5 Å². The second kappa shape index (κ2) is 15.7. The average molecular weight is 540 g/mol. The number of esters is 1. The van der Waals surface area contributed by atoms with Gasteiger partial charge in [-0.15, -0.1) is 0 Å². The fraction of sp³-hybridized carbons (Fsp3) is 0.594. The minimum Gasteiger partial charge on any atom is -0.492 e. The van der Waals surface area contributed by atoms with Crippen LogP contribution in [0.4, 0.5) is 5.69 Å². The molecule has 0 saturated carbocycles. The van der Waals surface area contributed by atoms with Crippen molar-refractivity contribution in [1.82, 2.24) is 9.80 Å². The van der Waals surface area contributed by atoms with Crippen molar-refractivity contribution < 1.29 is 19.0 Å². The summed E-state index contributed by atoms with van der Waals surface area (Å²) in [4.78, 5) is 16.9. The number of fused-ring (bicyclic) bond motifs is 2. The summed E-state index contributed by atoms with van der Waals surface area (Å²) in [6.45, 7) is 14.8. The summed E-state index contributed by atoms with van der Waals surface area (Å²) in [5.74, 6) is 1.51. The van der Waals surface area contributed by atoms with E-state index in [9.17, 15) is 4.79 Å². The number of nitrogens with two attached hydrogens (primary N) is 1. The summed E-state index contributed by atoms with van der Waals surface area (Å²) >= 11 is 0. The lowest BCUT2D eigenvalue weighted by Gasteiger charge is -2.35. The second-order valence-electron chi connectivity index (χ2n) is 10.5. The molecule has 2 aromatic carbocycles. The Balaban J connectivity index is 0.000000218. The van der Waals surface area contributed by atoms with E-state index in [0.717, 1.165) is 81.2 Å². The van der Waals surface area contributed by atoms with E-state index in [2.05, 4.69) is 37.5 Å². The maximum absolute atomic E-state index is 11.9. The SMILES string of the molecule is CCCN(CCC)C1COc2cccc(C(=O)OC)c2C1.CCCN(CCC)C1COc2cccc(N)c2C1. The van der Waals surface area contributed by atoms with E-state index in [4.69, 9.17) is 19.9 Å². The van der Waals surface area contributed by atoms with Crippen molar-refractivity contribution in [2.45, 2.75) is 78.3 Å². The van der Waals surface area contributed by atoms with Gasteiger partial charge in [0, 0.05) is 28.9 Å². The number of carbonyl (C=O) groups is 1. The van der Waals surface area contributed by atoms with Gasteiger partial charge in [-0.1, -0.05) is 39.8 Å². The molecule has 0 spiro atoms. The van der Waals surface area contributed by atoms with Crippen molar-refractivity contribution >= 4 is 11.7 Å². The first kappa shape index (κ1) is 30.8. The zero-order valence-electron chi connectivity index (χ0n) is 24.7. The fourth-order valence-electron chi connectivity index (χ4n) is 5.68. The molecule has 2 heterocycles. The number of nitrogen functional groups attached to an aromatic ring is 1. The number of hydrogen-bond acceptors (Lipinski definition) is 7. The molecule has 2 aromatic rings. The minimum atomic E-state index is -0.284. The molecule has 39 heavy (non-hydrogen) atoms. The largest absolute Gasteiger partial charge is 0.492 e. The smallest absolute Gasteiger partial charge is 0.338 e. The highest BCUT2D eigenvalue weighted by Gasteiger charge is 2.28. The zero-order chi connectivity index (χ0) is 28.2. The van der Waals surface area contributed by atoms with Crippen LogP contribution in [0.1, 0.15) is 74.9 Å². The van der Waals surface area contributed by atoms with Gasteiger partial charge in [0.2, 0.25) is 0 Å². The van der Waals surface area contributed by atoms with Crippen LogP contribution in [0.3, 0.4) is 0 Å². The van der Waals surface area contributed by atoms with Crippen LogP contribution in [-0.2, 0) is 17.6 Å². The number of rotatable bonds is 11. The predicted octanol–water partition coefficient (Wildman–Crippen LogP) is 5.59. The summed E-state index contributed by atoms with van der Waals surface area (Å²) < 4.78 is 16.6. The van der Waals surface area contributed by atoms with E-state index in [-0.39, 0.29) is 5.97 Å². The number of hydrogen-bond donors (Lipinski definition) is 1. The van der Waals surface area contributed by atoms with Crippen LogP contribution in [0.15, 0.2) is 36.4 Å². The third-order valence-electron chi connectivity index (χ3n) is 7.53. The lowest BCUT2D eigenvalue weighted by Crippen LogP contribution is -2.44. The molecule has 7 nitrogen and oxygen atoms in total. The minimum absolute atomic E-state index is 0.284. The molecule has 0 bridgehead atoms. The molecule has 0 aromatic heterocycles. The Bertz CT molecular complexity index is 1030. The number of nitrogens with zero attached hydrogens (tertiary/aromatic N) is 2. The molecule has 2 aliphatic heterocycles. The second-order valence-corrected chi connectivity index (χ2v) is 10.5. The number of anilines is 1. The van der Waals surface area contributed by atoms with E-state index in [0.29, 0.717) is 24.3 Å². The standard InChI is InChI=1S/C17H25NO3.C15H24N2O/c1-4-9-18(10-5-2)13-11-15-14(17(19)20-3)7-6-8-16(15)21-12-13;1-3-8-17(9-4-2)12-10-13-14(16)6-5-7-15(13)18-11-12/h6-8,13H,4-5,9-12H2,1-3H3;5-7,12H,3-4,8-11,16H2,1-2H3. The molecular formula is C32H49N3O4. The first-order valence-electron chi connectivity index (χ1n) is 14.8. The van der Waals surface area contributed by atoms with Gasteiger partial charge in [0.1, 0.15) is 24.7 Å². The summed E-state index contributed by atoms with van der Waals surface area (Å²) in [7, 11) is 1.42. The van der Waals surface area contributed by atoms with Crippen molar-refractivity contribution in [3.05, 3.63) is 53.1 Å². The van der Waals surface area contributed by atoms with E-state index < -0.39 is 0 Å². The third kappa shape index (κ3) is 8.12. The normalized spacial score (nSPS) is 17.8. The number of carbonyl (C=O) groups excluding carboxylic acids is 1. The van der Waals surface area contributed by atoms with Crippen LogP contribution in [0.5, 0.6) is 11.5 Å². The maximum atomic E-state index is 11.9. The number of benzene rings is 2. The number of methoxy groups -OCH3 is 1. The van der Waals surface area contributed by atoms with Gasteiger partial charge in [0.15, 0.2) is 0 Å². The first-order chi connectivity index (χ1) is 19.0. The van der Waals surface area contributed by atoms with Crippen LogP contribution < -0.4 is 15.2 Å². The maximum Gasteiger partial charge on any atom is 0.338 e. The fourth-order valence-corrected chi connectivity index (χ4v) is 5.68. The Morgan fingerprint density at radius 3 is 1.74 bits per heavy atom. The lowest BCUT2D eigenvalue weighted by molar-refractivity contribution is 0.0594. The molecule has 2 aliphatic rings. The van der Waals surface area contributed by atoms with Gasteiger partial charge in [-0.25, -0.2) is 4.79 Å². The summed E-state index contributed by atoms with van der Waals surface area (Å²) in [5.41, 5.74) is 9.72. The summed E-state index contributed by atoms with van der Waals surface area (Å²) in [5, 5.41) is 0. The first-order valence-corrected chi connectivity index (χ1v) is 14.8. The third-order valence-corrected chi connectivity index (χ3v) is 7.53. The highest BCUT2D eigenvalue weighted by atomic mass is 16.5. The summed E-state index contributed by atoms with van der Waals surface area (Å²) in [6.07, 6.45) is 6.49. The van der Waals surface area contributed by atoms with E-state index in [1.807, 2.05) is 36.4 Å². The van der Waals surface area contributed by atoms with E-state index >= 15 is 0 Å². The van der Waals surface area contributed by atoms with Gasteiger partial charge in [-0.05, 0) is 89.0 Å². The molecule has 2 unspecified atom stereocenters. The Hall–Kier alpha value is -2.77. The van der Waals surface area contributed by atoms with Crippen LogP contribution in [-0.4, -0.2) is 74.4 Å². The summed E-state index contributed by atoms with van der Waals surface area (Å²) in [6, 6.07) is 12.4. The Labute approximate surface area is 235 Å². The molecule has 2 atom stereocenters. The van der Waals surface area contributed by atoms with Gasteiger partial charge < -0.3 is 19.9 Å². The molecule has 7 heteroatoms. The topological polar surface area (TPSA) is 77.3 Å². The molecule has 0 saturated heterocycles. The van der Waals surface area contributed by atoms with Crippen molar-refractivity contribution in [1.29, 1.82) is 0 Å². The molecule has 2 N–H and O–H groups in total. The van der Waals surface area contributed by atoms with E-state index in [1.165, 1.54) is 25.5 Å². The van der Waals surface area contributed by atoms with Crippen molar-refractivity contribution in [2.75, 3.05) is 52.2 Å². The zero-order valence-corrected chi connectivity index (χ0v) is 24.7. The Kier molecular flexibility index (Phi) is 12.4. The molecule has 4 rings (SSSR count).